The van der Waals surface area contributed by atoms with Gasteiger partial charge >= 0.3 is 5.97 Å². The van der Waals surface area contributed by atoms with Gasteiger partial charge in [-0.3, -0.25) is 9.78 Å². The second-order valence-corrected chi connectivity index (χ2v) is 2.98. The molecule has 0 spiro atoms. The van der Waals surface area contributed by atoms with Crippen LogP contribution in [0, 0.1) is 0 Å². The van der Waals surface area contributed by atoms with Crippen molar-refractivity contribution in [3.63, 3.8) is 0 Å². The number of carboxylic acids is 1. The average Bonchev–Trinajstić information content (AvgIpc) is 2.30. The van der Waals surface area contributed by atoms with E-state index in [1.165, 1.54) is 6.20 Å². The summed E-state index contributed by atoms with van der Waals surface area (Å²) in [4.78, 5) is 26.0. The van der Waals surface area contributed by atoms with Crippen LogP contribution in [-0.4, -0.2) is 25.8 Å². The molecular weight excluding hydrogens is 210 g/mol. The van der Waals surface area contributed by atoms with E-state index in [1.807, 2.05) is 0 Å². The Bertz CT molecular complexity index is 577. The predicted octanol–water partition coefficient (Wildman–Crippen LogP) is 0.326. The van der Waals surface area contributed by atoms with Crippen molar-refractivity contribution in [1.82, 2.24) is 14.8 Å². The molecule has 0 aliphatic heterocycles. The maximum Gasteiger partial charge on any atom is 0.356 e. The number of nitrogens with zero attached hydrogens (tertiary/aromatic N) is 3. The molecule has 0 saturated carbocycles. The number of hydrogen-bond acceptors (Lipinski definition) is 4. The highest BCUT2D eigenvalue weighted by atomic mass is 16.4. The third kappa shape index (κ3) is 1.81. The number of rotatable bonds is 2. The van der Waals surface area contributed by atoms with E-state index < -0.39 is 11.5 Å². The SMILES string of the molecule is O=C(O)c1ccc(=O)n(-c2cccnc2)n1. The zero-order valence-corrected chi connectivity index (χ0v) is 8.07. The van der Waals surface area contributed by atoms with Crippen molar-refractivity contribution in [3.05, 3.63) is 52.7 Å². The highest BCUT2D eigenvalue weighted by Crippen LogP contribution is 2.00. The number of carboxylic acid groups (broad SMARTS) is 1. The van der Waals surface area contributed by atoms with Crippen LogP contribution in [-0.2, 0) is 0 Å². The van der Waals surface area contributed by atoms with Crippen molar-refractivity contribution in [2.45, 2.75) is 0 Å². The highest BCUT2D eigenvalue weighted by molar-refractivity contribution is 5.84. The summed E-state index contributed by atoms with van der Waals surface area (Å²) in [6.45, 7) is 0. The molecule has 0 fully saturated rings. The van der Waals surface area contributed by atoms with Crippen molar-refractivity contribution in [3.8, 4) is 5.69 Å². The van der Waals surface area contributed by atoms with Crippen molar-refractivity contribution < 1.29 is 9.90 Å². The Balaban J connectivity index is 2.61. The number of pyridine rings is 1. The molecule has 0 saturated heterocycles. The molecular formula is C10H7N3O3. The summed E-state index contributed by atoms with van der Waals surface area (Å²) < 4.78 is 0.996. The molecule has 0 amide bonds. The largest absolute Gasteiger partial charge is 0.476 e. The monoisotopic (exact) mass is 217 g/mol. The molecule has 16 heavy (non-hydrogen) atoms. The van der Waals surface area contributed by atoms with Crippen LogP contribution in [0.25, 0.3) is 5.69 Å². The zero-order valence-electron chi connectivity index (χ0n) is 8.07. The van der Waals surface area contributed by atoms with Crippen molar-refractivity contribution >= 4 is 5.97 Å². The van der Waals surface area contributed by atoms with Gasteiger partial charge in [-0.05, 0) is 18.2 Å². The quantitative estimate of drug-likeness (QED) is 0.783. The van der Waals surface area contributed by atoms with Gasteiger partial charge in [0, 0.05) is 12.3 Å². The van der Waals surface area contributed by atoms with E-state index >= 15 is 0 Å². The van der Waals surface area contributed by atoms with Crippen LogP contribution in [0.4, 0.5) is 0 Å². The predicted molar refractivity (Wildman–Crippen MR) is 54.6 cm³/mol. The third-order valence-corrected chi connectivity index (χ3v) is 1.91. The molecule has 2 aromatic heterocycles. The summed E-state index contributed by atoms with van der Waals surface area (Å²) in [5.74, 6) is -1.18. The van der Waals surface area contributed by atoms with Gasteiger partial charge in [0.05, 0.1) is 11.9 Å². The van der Waals surface area contributed by atoms with Crippen LogP contribution in [0.2, 0.25) is 0 Å². The molecule has 0 aliphatic carbocycles. The van der Waals surface area contributed by atoms with Gasteiger partial charge in [0.25, 0.3) is 5.56 Å². The van der Waals surface area contributed by atoms with Gasteiger partial charge in [-0.1, -0.05) is 0 Å². The Kier molecular flexibility index (Phi) is 2.47. The minimum absolute atomic E-state index is 0.191. The molecule has 1 N–H and O–H groups in total. The molecule has 6 heteroatoms. The molecule has 0 aliphatic rings. The molecule has 80 valence electrons. The lowest BCUT2D eigenvalue weighted by molar-refractivity contribution is 0.0688. The van der Waals surface area contributed by atoms with E-state index in [2.05, 4.69) is 10.1 Å². The highest BCUT2D eigenvalue weighted by Gasteiger charge is 2.08. The number of aromatic carboxylic acids is 1. The molecule has 0 radical (unpaired) electrons. The van der Waals surface area contributed by atoms with Crippen LogP contribution in [0.5, 0.6) is 0 Å². The Labute approximate surface area is 89.8 Å². The van der Waals surface area contributed by atoms with E-state index in [0.717, 1.165) is 16.8 Å². The van der Waals surface area contributed by atoms with Gasteiger partial charge in [0.15, 0.2) is 5.69 Å². The van der Waals surface area contributed by atoms with Gasteiger partial charge < -0.3 is 5.11 Å². The fraction of sp³-hybridized carbons (Fsp3) is 0. The number of aromatic nitrogens is 3. The lowest BCUT2D eigenvalue weighted by Gasteiger charge is -2.03. The fourth-order valence-corrected chi connectivity index (χ4v) is 1.19. The Morgan fingerprint density at radius 1 is 1.31 bits per heavy atom. The molecule has 2 aromatic rings. The summed E-state index contributed by atoms with van der Waals surface area (Å²) in [7, 11) is 0. The minimum Gasteiger partial charge on any atom is -0.476 e. The Morgan fingerprint density at radius 3 is 2.75 bits per heavy atom. The average molecular weight is 217 g/mol. The molecule has 0 aromatic carbocycles. The van der Waals surface area contributed by atoms with Crippen molar-refractivity contribution in [1.29, 1.82) is 0 Å². The van der Waals surface area contributed by atoms with Crippen LogP contribution in [0.15, 0.2) is 41.5 Å². The second-order valence-electron chi connectivity index (χ2n) is 2.98. The van der Waals surface area contributed by atoms with Crippen LogP contribution < -0.4 is 5.56 Å². The van der Waals surface area contributed by atoms with E-state index in [9.17, 15) is 9.59 Å². The maximum atomic E-state index is 11.5. The van der Waals surface area contributed by atoms with E-state index in [0.29, 0.717) is 5.69 Å². The summed E-state index contributed by atoms with van der Waals surface area (Å²) >= 11 is 0. The first-order valence-electron chi connectivity index (χ1n) is 4.42. The van der Waals surface area contributed by atoms with Gasteiger partial charge in [0.1, 0.15) is 0 Å². The normalized spacial score (nSPS) is 10.0. The summed E-state index contributed by atoms with van der Waals surface area (Å²) in [6, 6.07) is 5.57. The van der Waals surface area contributed by atoms with Crippen LogP contribution in [0.1, 0.15) is 10.5 Å². The smallest absolute Gasteiger partial charge is 0.356 e. The van der Waals surface area contributed by atoms with E-state index in [-0.39, 0.29) is 5.69 Å². The number of hydrogen-bond donors (Lipinski definition) is 1. The van der Waals surface area contributed by atoms with Crippen LogP contribution in [0.3, 0.4) is 0 Å². The summed E-state index contributed by atoms with van der Waals surface area (Å²) in [5, 5.41) is 12.5. The van der Waals surface area contributed by atoms with E-state index in [4.69, 9.17) is 5.11 Å². The molecule has 0 unspecified atom stereocenters. The summed E-state index contributed by atoms with van der Waals surface area (Å²) in [5.41, 5.74) is -0.169. The fourth-order valence-electron chi connectivity index (χ4n) is 1.19. The van der Waals surface area contributed by atoms with Gasteiger partial charge in [-0.25, -0.2) is 4.79 Å². The zero-order chi connectivity index (χ0) is 11.5. The standard InChI is InChI=1S/C10H7N3O3/c14-9-4-3-8(10(15)16)12-13(9)7-2-1-5-11-6-7/h1-6H,(H,15,16). The van der Waals surface area contributed by atoms with Gasteiger partial charge in [-0.2, -0.15) is 9.78 Å². The maximum absolute atomic E-state index is 11.5. The Morgan fingerprint density at radius 2 is 2.12 bits per heavy atom. The topological polar surface area (TPSA) is 85.1 Å². The summed E-state index contributed by atoms with van der Waals surface area (Å²) in [6.07, 6.45) is 2.98. The van der Waals surface area contributed by atoms with Crippen molar-refractivity contribution in [2.75, 3.05) is 0 Å². The van der Waals surface area contributed by atoms with Crippen molar-refractivity contribution in [2.24, 2.45) is 0 Å². The number of carbonyl (C=O) groups is 1. The molecule has 0 atom stereocenters. The van der Waals surface area contributed by atoms with E-state index in [1.54, 1.807) is 18.3 Å². The first-order valence-corrected chi connectivity index (χ1v) is 4.42. The lowest BCUT2D eigenvalue weighted by Crippen LogP contribution is -2.22. The molecule has 6 nitrogen and oxygen atoms in total. The van der Waals surface area contributed by atoms with Crippen LogP contribution >= 0.6 is 0 Å². The Hall–Kier alpha value is -2.50. The first kappa shape index (κ1) is 10.0. The van der Waals surface area contributed by atoms with Gasteiger partial charge in [0.2, 0.25) is 0 Å². The second kappa shape index (κ2) is 3.93. The first-order chi connectivity index (χ1) is 7.68. The lowest BCUT2D eigenvalue weighted by atomic mass is 10.4. The molecule has 2 heterocycles. The van der Waals surface area contributed by atoms with Gasteiger partial charge in [-0.15, -0.1) is 0 Å². The molecule has 0 bridgehead atoms. The minimum atomic E-state index is -1.18. The third-order valence-electron chi connectivity index (χ3n) is 1.91. The molecule has 2 rings (SSSR count).